The van der Waals surface area contributed by atoms with Crippen molar-refractivity contribution in [3.05, 3.63) is 39.9 Å². The predicted octanol–water partition coefficient (Wildman–Crippen LogP) is 2.77. The Balaban J connectivity index is 2.54. The van der Waals surface area contributed by atoms with Crippen LogP contribution in [0, 0.1) is 16.0 Å². The quantitative estimate of drug-likeness (QED) is 0.553. The maximum absolute atomic E-state index is 10.5. The molecule has 1 aromatic rings. The first kappa shape index (κ1) is 11.7. The van der Waals surface area contributed by atoms with Crippen LogP contribution in [0.2, 0.25) is 0 Å². The van der Waals surface area contributed by atoms with Gasteiger partial charge in [0.25, 0.3) is 5.69 Å². The molecular weight excluding hydrogens is 194 g/mol. The van der Waals surface area contributed by atoms with Crippen molar-refractivity contribution in [1.29, 1.82) is 0 Å². The van der Waals surface area contributed by atoms with Gasteiger partial charge in [0.15, 0.2) is 0 Å². The topological polar surface area (TPSA) is 52.4 Å². The third-order valence-electron chi connectivity index (χ3n) is 1.84. The lowest BCUT2D eigenvalue weighted by Crippen LogP contribution is -2.02. The SMILES string of the molecule is CC(C)COCc1cccc([N+](=O)[O-])c1. The molecule has 0 saturated heterocycles. The highest BCUT2D eigenvalue weighted by atomic mass is 16.6. The lowest BCUT2D eigenvalue weighted by Gasteiger charge is -2.06. The summed E-state index contributed by atoms with van der Waals surface area (Å²) in [4.78, 5) is 10.1. The molecule has 0 amide bonds. The van der Waals surface area contributed by atoms with Crippen molar-refractivity contribution in [3.8, 4) is 0 Å². The summed E-state index contributed by atoms with van der Waals surface area (Å²) in [5.41, 5.74) is 0.950. The van der Waals surface area contributed by atoms with E-state index in [0.29, 0.717) is 19.1 Å². The molecule has 0 N–H and O–H groups in total. The van der Waals surface area contributed by atoms with E-state index in [0.717, 1.165) is 5.56 Å². The maximum atomic E-state index is 10.5. The van der Waals surface area contributed by atoms with E-state index in [1.165, 1.54) is 6.07 Å². The average molecular weight is 209 g/mol. The third kappa shape index (κ3) is 4.08. The number of non-ortho nitro benzene ring substituents is 1. The van der Waals surface area contributed by atoms with Crippen LogP contribution in [0.15, 0.2) is 24.3 Å². The fraction of sp³-hybridized carbons (Fsp3) is 0.455. The number of hydrogen-bond donors (Lipinski definition) is 0. The number of nitro groups is 1. The Labute approximate surface area is 89.0 Å². The molecule has 0 aliphatic carbocycles. The minimum absolute atomic E-state index is 0.112. The van der Waals surface area contributed by atoms with Gasteiger partial charge < -0.3 is 4.74 Å². The molecule has 0 radical (unpaired) electrons. The van der Waals surface area contributed by atoms with Crippen LogP contribution in [0.3, 0.4) is 0 Å². The number of ether oxygens (including phenoxy) is 1. The molecule has 82 valence electrons. The fourth-order valence-electron chi connectivity index (χ4n) is 1.17. The molecule has 0 aliphatic heterocycles. The second kappa shape index (κ2) is 5.46. The molecule has 0 heterocycles. The molecule has 4 heteroatoms. The Morgan fingerprint density at radius 1 is 1.47 bits per heavy atom. The lowest BCUT2D eigenvalue weighted by atomic mass is 10.2. The molecule has 15 heavy (non-hydrogen) atoms. The number of rotatable bonds is 5. The van der Waals surface area contributed by atoms with Gasteiger partial charge in [-0.05, 0) is 11.5 Å². The van der Waals surface area contributed by atoms with Crippen LogP contribution in [0.1, 0.15) is 19.4 Å². The molecule has 0 aliphatic rings. The van der Waals surface area contributed by atoms with Gasteiger partial charge in [0.2, 0.25) is 0 Å². The minimum atomic E-state index is -0.397. The van der Waals surface area contributed by atoms with Gasteiger partial charge in [0.1, 0.15) is 0 Å². The van der Waals surface area contributed by atoms with Gasteiger partial charge in [-0.1, -0.05) is 26.0 Å². The molecule has 0 unspecified atom stereocenters. The first-order valence-corrected chi connectivity index (χ1v) is 4.90. The van der Waals surface area contributed by atoms with Crippen LogP contribution < -0.4 is 0 Å². The highest BCUT2D eigenvalue weighted by molar-refractivity contribution is 5.33. The zero-order valence-electron chi connectivity index (χ0n) is 8.97. The van der Waals surface area contributed by atoms with E-state index in [1.54, 1.807) is 12.1 Å². The second-order valence-corrected chi connectivity index (χ2v) is 3.84. The van der Waals surface area contributed by atoms with Gasteiger partial charge in [0.05, 0.1) is 11.5 Å². The monoisotopic (exact) mass is 209 g/mol. The summed E-state index contributed by atoms with van der Waals surface area (Å²) in [6.07, 6.45) is 0. The first-order chi connectivity index (χ1) is 7.09. The Hall–Kier alpha value is -1.42. The van der Waals surface area contributed by atoms with E-state index in [9.17, 15) is 10.1 Å². The van der Waals surface area contributed by atoms with Crippen LogP contribution in [0.4, 0.5) is 5.69 Å². The Bertz CT molecular complexity index is 336. The fourth-order valence-corrected chi connectivity index (χ4v) is 1.17. The minimum Gasteiger partial charge on any atom is -0.377 e. The van der Waals surface area contributed by atoms with Crippen molar-refractivity contribution < 1.29 is 9.66 Å². The molecule has 1 aromatic carbocycles. The van der Waals surface area contributed by atoms with Gasteiger partial charge in [-0.25, -0.2) is 0 Å². The van der Waals surface area contributed by atoms with Crippen molar-refractivity contribution >= 4 is 5.69 Å². The molecule has 1 rings (SSSR count). The van der Waals surface area contributed by atoms with E-state index in [2.05, 4.69) is 13.8 Å². The molecule has 0 atom stereocenters. The summed E-state index contributed by atoms with van der Waals surface area (Å²) in [5, 5.41) is 10.5. The van der Waals surface area contributed by atoms with Crippen LogP contribution in [0.5, 0.6) is 0 Å². The zero-order valence-corrected chi connectivity index (χ0v) is 8.97. The largest absolute Gasteiger partial charge is 0.377 e. The van der Waals surface area contributed by atoms with Gasteiger partial charge >= 0.3 is 0 Å². The number of nitro benzene ring substituents is 1. The van der Waals surface area contributed by atoms with Gasteiger partial charge in [-0.15, -0.1) is 0 Å². The Kier molecular flexibility index (Phi) is 4.24. The van der Waals surface area contributed by atoms with Crippen molar-refractivity contribution in [2.75, 3.05) is 6.61 Å². The van der Waals surface area contributed by atoms with Crippen molar-refractivity contribution in [2.45, 2.75) is 20.5 Å². The molecule has 4 nitrogen and oxygen atoms in total. The van der Waals surface area contributed by atoms with Gasteiger partial charge in [-0.3, -0.25) is 10.1 Å². The van der Waals surface area contributed by atoms with Crippen LogP contribution in [-0.4, -0.2) is 11.5 Å². The maximum Gasteiger partial charge on any atom is 0.269 e. The van der Waals surface area contributed by atoms with E-state index in [1.807, 2.05) is 6.07 Å². The first-order valence-electron chi connectivity index (χ1n) is 4.90. The molecular formula is C11H15NO3. The Morgan fingerprint density at radius 2 is 2.20 bits per heavy atom. The van der Waals surface area contributed by atoms with Crippen molar-refractivity contribution in [2.24, 2.45) is 5.92 Å². The average Bonchev–Trinajstić information content (AvgIpc) is 2.17. The van der Waals surface area contributed by atoms with Gasteiger partial charge in [-0.2, -0.15) is 0 Å². The summed E-state index contributed by atoms with van der Waals surface area (Å²) >= 11 is 0. The van der Waals surface area contributed by atoms with Crippen molar-refractivity contribution in [3.63, 3.8) is 0 Å². The summed E-state index contributed by atoms with van der Waals surface area (Å²) in [6.45, 7) is 5.23. The molecule has 0 bridgehead atoms. The van der Waals surface area contributed by atoms with E-state index < -0.39 is 4.92 Å². The Morgan fingerprint density at radius 3 is 2.80 bits per heavy atom. The van der Waals surface area contributed by atoms with E-state index in [4.69, 9.17) is 4.74 Å². The van der Waals surface area contributed by atoms with E-state index >= 15 is 0 Å². The standard InChI is InChI=1S/C11H15NO3/c1-9(2)7-15-8-10-4-3-5-11(6-10)12(13)14/h3-6,9H,7-8H2,1-2H3. The normalized spacial score (nSPS) is 10.6. The molecule has 0 fully saturated rings. The second-order valence-electron chi connectivity index (χ2n) is 3.84. The summed E-state index contributed by atoms with van der Waals surface area (Å²) < 4.78 is 5.39. The number of hydrogen-bond acceptors (Lipinski definition) is 3. The molecule has 0 aromatic heterocycles. The smallest absolute Gasteiger partial charge is 0.269 e. The van der Waals surface area contributed by atoms with Crippen LogP contribution in [-0.2, 0) is 11.3 Å². The number of benzene rings is 1. The number of nitrogens with zero attached hydrogens (tertiary/aromatic N) is 1. The lowest BCUT2D eigenvalue weighted by molar-refractivity contribution is -0.384. The molecule has 0 spiro atoms. The highest BCUT2D eigenvalue weighted by Crippen LogP contribution is 2.13. The highest BCUT2D eigenvalue weighted by Gasteiger charge is 2.05. The third-order valence-corrected chi connectivity index (χ3v) is 1.84. The van der Waals surface area contributed by atoms with Gasteiger partial charge in [0, 0.05) is 18.7 Å². The summed E-state index contributed by atoms with van der Waals surface area (Å²) in [5.74, 6) is 0.476. The summed E-state index contributed by atoms with van der Waals surface area (Å²) in [6, 6.07) is 6.52. The van der Waals surface area contributed by atoms with Crippen molar-refractivity contribution in [1.82, 2.24) is 0 Å². The van der Waals surface area contributed by atoms with Crippen LogP contribution in [0.25, 0.3) is 0 Å². The van der Waals surface area contributed by atoms with E-state index in [-0.39, 0.29) is 5.69 Å². The zero-order chi connectivity index (χ0) is 11.3. The van der Waals surface area contributed by atoms with Crippen LogP contribution >= 0.6 is 0 Å². The summed E-state index contributed by atoms with van der Waals surface area (Å²) in [7, 11) is 0. The predicted molar refractivity (Wildman–Crippen MR) is 57.6 cm³/mol. The molecule has 0 saturated carbocycles.